The van der Waals surface area contributed by atoms with Crippen LogP contribution in [0.15, 0.2) is 24.3 Å². The SMILES string of the molecule is CC(C(=O)C1CC1)c1ccccc1F.O=S(=O)=O. The van der Waals surface area contributed by atoms with Crippen molar-refractivity contribution in [1.29, 1.82) is 0 Å². The molecule has 0 bridgehead atoms. The van der Waals surface area contributed by atoms with Gasteiger partial charge in [-0.15, -0.1) is 12.6 Å². The van der Waals surface area contributed by atoms with Crippen LogP contribution in [0.5, 0.6) is 0 Å². The van der Waals surface area contributed by atoms with Crippen LogP contribution in [-0.2, 0) is 15.4 Å². The largest absolute Gasteiger partial charge is 0.425 e. The third-order valence-electron chi connectivity index (χ3n) is 2.78. The molecular formula is C12H13FO4S. The number of Topliss-reactive ketones (excluding diaryl/α,β-unsaturated/α-hetero) is 1. The molecule has 0 radical (unpaired) electrons. The summed E-state index contributed by atoms with van der Waals surface area (Å²) >= 11 is 0. The van der Waals surface area contributed by atoms with Gasteiger partial charge in [-0.3, -0.25) is 4.79 Å². The van der Waals surface area contributed by atoms with Crippen molar-refractivity contribution in [3.8, 4) is 0 Å². The van der Waals surface area contributed by atoms with Gasteiger partial charge in [0.05, 0.1) is 0 Å². The first-order valence-electron chi connectivity index (χ1n) is 5.48. The number of halogens is 1. The Balaban J connectivity index is 0.000000357. The van der Waals surface area contributed by atoms with E-state index in [0.29, 0.717) is 5.56 Å². The van der Waals surface area contributed by atoms with E-state index in [1.54, 1.807) is 25.1 Å². The van der Waals surface area contributed by atoms with E-state index >= 15 is 0 Å². The molecule has 0 saturated heterocycles. The molecule has 1 aromatic rings. The molecule has 0 spiro atoms. The molecule has 1 aliphatic carbocycles. The van der Waals surface area contributed by atoms with E-state index in [4.69, 9.17) is 12.6 Å². The zero-order chi connectivity index (χ0) is 13.7. The smallest absolute Gasteiger partial charge is 0.299 e. The predicted molar refractivity (Wildman–Crippen MR) is 62.2 cm³/mol. The molecular weight excluding hydrogens is 259 g/mol. The first-order valence-corrected chi connectivity index (χ1v) is 6.48. The van der Waals surface area contributed by atoms with Crippen molar-refractivity contribution < 1.29 is 21.8 Å². The Morgan fingerprint density at radius 1 is 1.28 bits per heavy atom. The van der Waals surface area contributed by atoms with Crippen LogP contribution >= 0.6 is 0 Å². The summed E-state index contributed by atoms with van der Waals surface area (Å²) in [4.78, 5) is 11.7. The Hall–Kier alpha value is -1.56. The van der Waals surface area contributed by atoms with Gasteiger partial charge in [0.15, 0.2) is 0 Å². The highest BCUT2D eigenvalue weighted by molar-refractivity contribution is 7.59. The summed E-state index contributed by atoms with van der Waals surface area (Å²) < 4.78 is 38.7. The van der Waals surface area contributed by atoms with E-state index in [1.165, 1.54) is 6.07 Å². The summed E-state index contributed by atoms with van der Waals surface area (Å²) in [6, 6.07) is 6.52. The van der Waals surface area contributed by atoms with Gasteiger partial charge in [0, 0.05) is 11.8 Å². The van der Waals surface area contributed by atoms with Gasteiger partial charge in [0.2, 0.25) is 0 Å². The highest BCUT2D eigenvalue weighted by atomic mass is 32.2. The molecule has 0 amide bonds. The van der Waals surface area contributed by atoms with Crippen LogP contribution in [0.1, 0.15) is 31.2 Å². The van der Waals surface area contributed by atoms with Crippen molar-refractivity contribution in [2.75, 3.05) is 0 Å². The molecule has 1 aromatic carbocycles. The molecule has 2 rings (SSSR count). The van der Waals surface area contributed by atoms with E-state index in [-0.39, 0.29) is 23.4 Å². The summed E-state index contributed by atoms with van der Waals surface area (Å²) in [6.07, 6.45) is 1.97. The zero-order valence-electron chi connectivity index (χ0n) is 9.80. The maximum absolute atomic E-state index is 13.3. The van der Waals surface area contributed by atoms with Crippen LogP contribution in [0.2, 0.25) is 0 Å². The van der Waals surface area contributed by atoms with Crippen molar-refractivity contribution in [1.82, 2.24) is 0 Å². The van der Waals surface area contributed by atoms with Gasteiger partial charge in [0.25, 0.3) is 0 Å². The molecule has 98 valence electrons. The van der Waals surface area contributed by atoms with Gasteiger partial charge < -0.3 is 0 Å². The number of ketones is 1. The van der Waals surface area contributed by atoms with Crippen LogP contribution in [0, 0.1) is 11.7 Å². The number of rotatable bonds is 3. The van der Waals surface area contributed by atoms with Crippen LogP contribution in [0.4, 0.5) is 4.39 Å². The van der Waals surface area contributed by atoms with Gasteiger partial charge in [0.1, 0.15) is 11.6 Å². The molecule has 1 saturated carbocycles. The highest BCUT2D eigenvalue weighted by Crippen LogP contribution is 2.35. The fourth-order valence-corrected chi connectivity index (χ4v) is 1.70. The molecule has 1 unspecified atom stereocenters. The fraction of sp³-hybridized carbons (Fsp3) is 0.417. The van der Waals surface area contributed by atoms with Gasteiger partial charge in [-0.05, 0) is 24.5 Å². The van der Waals surface area contributed by atoms with Crippen molar-refractivity contribution in [2.45, 2.75) is 25.7 Å². The van der Waals surface area contributed by atoms with Crippen LogP contribution in [0.3, 0.4) is 0 Å². The predicted octanol–water partition coefficient (Wildman–Crippen LogP) is 1.90. The first kappa shape index (κ1) is 14.5. The second kappa shape index (κ2) is 6.39. The monoisotopic (exact) mass is 272 g/mol. The third-order valence-corrected chi connectivity index (χ3v) is 2.78. The van der Waals surface area contributed by atoms with Crippen molar-refractivity contribution in [3.63, 3.8) is 0 Å². The Morgan fingerprint density at radius 3 is 2.22 bits per heavy atom. The molecule has 0 heterocycles. The van der Waals surface area contributed by atoms with Crippen molar-refractivity contribution in [3.05, 3.63) is 35.6 Å². The minimum absolute atomic E-state index is 0.190. The Bertz CT molecular complexity index is 527. The summed E-state index contributed by atoms with van der Waals surface area (Å²) in [6.45, 7) is 1.79. The number of carbonyl (C=O) groups excluding carboxylic acids is 1. The summed E-state index contributed by atoms with van der Waals surface area (Å²) in [5.41, 5.74) is 0.532. The van der Waals surface area contributed by atoms with Crippen molar-refractivity contribution >= 4 is 16.4 Å². The fourth-order valence-electron chi connectivity index (χ4n) is 1.70. The van der Waals surface area contributed by atoms with Crippen LogP contribution in [0.25, 0.3) is 0 Å². The lowest BCUT2D eigenvalue weighted by atomic mass is 9.94. The number of carbonyl (C=O) groups is 1. The molecule has 1 fully saturated rings. The maximum Gasteiger partial charge on any atom is 0.425 e. The normalized spacial score (nSPS) is 15.2. The summed E-state index contributed by atoms with van der Waals surface area (Å²) in [5, 5.41) is 0. The molecule has 1 atom stereocenters. The Morgan fingerprint density at radius 2 is 1.78 bits per heavy atom. The Kier molecular flexibility index (Phi) is 5.15. The molecule has 18 heavy (non-hydrogen) atoms. The average molecular weight is 272 g/mol. The Labute approximate surface area is 106 Å². The van der Waals surface area contributed by atoms with Crippen LogP contribution < -0.4 is 0 Å². The van der Waals surface area contributed by atoms with Gasteiger partial charge in [-0.25, -0.2) is 4.39 Å². The average Bonchev–Trinajstić information content (AvgIpc) is 3.11. The van der Waals surface area contributed by atoms with E-state index < -0.39 is 10.6 Å². The van der Waals surface area contributed by atoms with Crippen LogP contribution in [-0.4, -0.2) is 18.4 Å². The second-order valence-corrected chi connectivity index (χ2v) is 4.53. The minimum atomic E-state index is -3.11. The third kappa shape index (κ3) is 4.37. The number of hydrogen-bond acceptors (Lipinski definition) is 4. The number of benzene rings is 1. The lowest BCUT2D eigenvalue weighted by Gasteiger charge is -2.10. The quantitative estimate of drug-likeness (QED) is 0.842. The van der Waals surface area contributed by atoms with E-state index in [9.17, 15) is 9.18 Å². The molecule has 0 N–H and O–H groups in total. The summed E-state index contributed by atoms with van der Waals surface area (Å²) in [7, 11) is -3.11. The first-order chi connectivity index (χ1) is 8.43. The summed E-state index contributed by atoms with van der Waals surface area (Å²) in [5.74, 6) is -0.169. The van der Waals surface area contributed by atoms with E-state index in [0.717, 1.165) is 12.8 Å². The lowest BCUT2D eigenvalue weighted by molar-refractivity contribution is -0.121. The number of hydrogen-bond donors (Lipinski definition) is 0. The molecule has 0 aliphatic heterocycles. The minimum Gasteiger partial charge on any atom is -0.299 e. The molecule has 0 aromatic heterocycles. The maximum atomic E-state index is 13.3. The molecule has 1 aliphatic rings. The van der Waals surface area contributed by atoms with Gasteiger partial charge >= 0.3 is 10.6 Å². The second-order valence-electron chi connectivity index (χ2n) is 4.12. The van der Waals surface area contributed by atoms with E-state index in [2.05, 4.69) is 0 Å². The molecule has 6 heteroatoms. The lowest BCUT2D eigenvalue weighted by Crippen LogP contribution is -2.12. The standard InChI is InChI=1S/C12H13FO.O3S/c1-8(12(14)9-6-7-9)10-4-2-3-5-11(10)13;1-4(2)3/h2-5,8-9H,6-7H2,1H3;. The molecule has 4 nitrogen and oxygen atoms in total. The van der Waals surface area contributed by atoms with Gasteiger partial charge in [-0.1, -0.05) is 25.1 Å². The zero-order valence-corrected chi connectivity index (χ0v) is 10.6. The van der Waals surface area contributed by atoms with E-state index in [1.807, 2.05) is 0 Å². The highest BCUT2D eigenvalue weighted by Gasteiger charge is 2.33. The van der Waals surface area contributed by atoms with Crippen molar-refractivity contribution in [2.24, 2.45) is 5.92 Å². The van der Waals surface area contributed by atoms with Gasteiger partial charge in [-0.2, -0.15) is 0 Å². The topological polar surface area (TPSA) is 68.3 Å².